The van der Waals surface area contributed by atoms with E-state index >= 15 is 0 Å². The minimum absolute atomic E-state index is 0.0806. The first-order valence-electron chi connectivity index (χ1n) is 9.21. The molecule has 152 valence electrons. The average molecular weight is 403 g/mol. The molecule has 8 heteroatoms. The van der Waals surface area contributed by atoms with Crippen molar-refractivity contribution in [2.75, 3.05) is 5.32 Å². The fourth-order valence-electron chi connectivity index (χ4n) is 4.21. The number of rotatable bonds is 2. The van der Waals surface area contributed by atoms with E-state index in [1.54, 1.807) is 38.2 Å². The van der Waals surface area contributed by atoms with Crippen molar-refractivity contribution in [2.45, 2.75) is 44.0 Å². The lowest BCUT2D eigenvalue weighted by Crippen LogP contribution is -2.55. The van der Waals surface area contributed by atoms with Crippen LogP contribution in [0.1, 0.15) is 42.3 Å². The molecule has 1 aliphatic rings. The summed E-state index contributed by atoms with van der Waals surface area (Å²) in [5.74, 6) is -0.208. The quantitative estimate of drug-likeness (QED) is 0.583. The van der Waals surface area contributed by atoms with Crippen molar-refractivity contribution in [1.29, 1.82) is 0 Å². The third-order valence-electron chi connectivity index (χ3n) is 5.55. The van der Waals surface area contributed by atoms with Crippen LogP contribution in [0, 0.1) is 6.92 Å². The maximum atomic E-state index is 14.0. The van der Waals surface area contributed by atoms with Crippen molar-refractivity contribution >= 4 is 16.6 Å². The molecule has 0 bridgehead atoms. The lowest BCUT2D eigenvalue weighted by atomic mass is 9.70. The van der Waals surface area contributed by atoms with Gasteiger partial charge in [0.2, 0.25) is 0 Å². The van der Waals surface area contributed by atoms with Crippen LogP contribution in [0.15, 0.2) is 42.6 Å². The number of halogens is 3. The van der Waals surface area contributed by atoms with E-state index in [1.165, 1.54) is 18.2 Å². The van der Waals surface area contributed by atoms with Gasteiger partial charge in [-0.1, -0.05) is 25.1 Å². The Kier molecular flexibility index (Phi) is 4.42. The molecule has 2 aromatic carbocycles. The van der Waals surface area contributed by atoms with Crippen LogP contribution in [-0.4, -0.2) is 32.0 Å². The first kappa shape index (κ1) is 19.4. The van der Waals surface area contributed by atoms with Crippen molar-refractivity contribution in [1.82, 2.24) is 9.97 Å². The number of anilines is 1. The Hall–Kier alpha value is -2.87. The number of nitrogens with one attached hydrogen (secondary N) is 1. The molecule has 0 saturated carbocycles. The summed E-state index contributed by atoms with van der Waals surface area (Å²) in [5, 5.41) is 24.6. The van der Waals surface area contributed by atoms with Gasteiger partial charge in [0.25, 0.3) is 0 Å². The summed E-state index contributed by atoms with van der Waals surface area (Å²) >= 11 is 0. The van der Waals surface area contributed by atoms with E-state index in [9.17, 15) is 23.4 Å². The fourth-order valence-corrected chi connectivity index (χ4v) is 4.21. The molecule has 29 heavy (non-hydrogen) atoms. The van der Waals surface area contributed by atoms with E-state index in [0.717, 1.165) is 0 Å². The van der Waals surface area contributed by atoms with Crippen molar-refractivity contribution in [2.24, 2.45) is 0 Å². The Bertz CT molecular complexity index is 1090. The highest BCUT2D eigenvalue weighted by molar-refractivity contribution is 5.91. The van der Waals surface area contributed by atoms with Crippen LogP contribution in [0.4, 0.5) is 18.9 Å². The van der Waals surface area contributed by atoms with Gasteiger partial charge >= 0.3 is 6.18 Å². The number of aryl methyl sites for hydroxylation is 1. The normalized spacial score (nSPS) is 24.3. The average Bonchev–Trinajstić information content (AvgIpc) is 2.63. The van der Waals surface area contributed by atoms with Crippen LogP contribution < -0.4 is 5.32 Å². The van der Waals surface area contributed by atoms with Gasteiger partial charge in [-0.3, -0.25) is 0 Å². The summed E-state index contributed by atoms with van der Waals surface area (Å²) in [6, 6.07) is 7.97. The van der Waals surface area contributed by atoms with Crippen molar-refractivity contribution in [3.05, 3.63) is 59.5 Å². The van der Waals surface area contributed by atoms with Crippen molar-refractivity contribution < 1.29 is 23.4 Å². The zero-order valence-corrected chi connectivity index (χ0v) is 15.8. The summed E-state index contributed by atoms with van der Waals surface area (Å²) in [5.41, 5.74) is -1.43. The van der Waals surface area contributed by atoms with Crippen LogP contribution in [0.5, 0.6) is 5.75 Å². The highest BCUT2D eigenvalue weighted by Gasteiger charge is 2.62. The molecule has 0 saturated heterocycles. The zero-order chi connectivity index (χ0) is 21.0. The Morgan fingerprint density at radius 2 is 1.90 bits per heavy atom. The number of fused-ring (bicyclic) bond motifs is 2. The van der Waals surface area contributed by atoms with E-state index in [0.29, 0.717) is 28.0 Å². The van der Waals surface area contributed by atoms with Gasteiger partial charge in [0.15, 0.2) is 5.60 Å². The van der Waals surface area contributed by atoms with E-state index < -0.39 is 30.2 Å². The second-order valence-electron chi connectivity index (χ2n) is 7.54. The molecule has 0 fully saturated rings. The summed E-state index contributed by atoms with van der Waals surface area (Å²) < 4.78 is 42.1. The maximum Gasteiger partial charge on any atom is 0.419 e. The van der Waals surface area contributed by atoms with Gasteiger partial charge in [-0.2, -0.15) is 13.2 Å². The van der Waals surface area contributed by atoms with Gasteiger partial charge in [-0.15, -0.1) is 0 Å². The number of phenolic OH excluding ortho intramolecular Hbond substituents is 1. The molecule has 0 spiro atoms. The molecule has 3 atom stereocenters. The molecule has 0 radical (unpaired) electrons. The summed E-state index contributed by atoms with van der Waals surface area (Å²) in [7, 11) is 0. The van der Waals surface area contributed by atoms with E-state index in [4.69, 9.17) is 0 Å². The number of aliphatic hydroxyl groups is 1. The monoisotopic (exact) mass is 403 g/mol. The van der Waals surface area contributed by atoms with E-state index in [-0.39, 0.29) is 11.3 Å². The number of alkyl halides is 3. The smallest absolute Gasteiger partial charge is 0.419 e. The van der Waals surface area contributed by atoms with Gasteiger partial charge in [0.1, 0.15) is 11.6 Å². The van der Waals surface area contributed by atoms with E-state index in [2.05, 4.69) is 15.3 Å². The molecule has 1 aliphatic carbocycles. The molecule has 1 unspecified atom stereocenters. The van der Waals surface area contributed by atoms with Crippen LogP contribution in [0.3, 0.4) is 0 Å². The highest BCUT2D eigenvalue weighted by atomic mass is 19.4. The number of benzene rings is 2. The van der Waals surface area contributed by atoms with Crippen LogP contribution in [-0.2, 0) is 0 Å². The highest BCUT2D eigenvalue weighted by Crippen LogP contribution is 2.54. The fraction of sp³-hybridized carbons (Fsp3) is 0.333. The molecule has 0 aliphatic heterocycles. The molecular formula is C21H20F3N3O2. The molecule has 0 amide bonds. The Morgan fingerprint density at radius 1 is 1.17 bits per heavy atom. The number of phenols is 1. The minimum Gasteiger partial charge on any atom is -0.508 e. The first-order valence-corrected chi connectivity index (χ1v) is 9.21. The molecule has 4 rings (SSSR count). The number of hydrogen-bond acceptors (Lipinski definition) is 5. The van der Waals surface area contributed by atoms with Crippen LogP contribution >= 0.6 is 0 Å². The molecule has 3 N–H and O–H groups in total. The van der Waals surface area contributed by atoms with Crippen molar-refractivity contribution in [3.63, 3.8) is 0 Å². The third-order valence-corrected chi connectivity index (χ3v) is 5.55. The Labute approximate surface area is 165 Å². The van der Waals surface area contributed by atoms with Gasteiger partial charge in [0, 0.05) is 22.8 Å². The van der Waals surface area contributed by atoms with Gasteiger partial charge < -0.3 is 15.5 Å². The standard InChI is InChI=1S/C21H20F3N3O2/c1-11-9-20(29,21(22,23)24)19(13-5-3-8-17(28)18(11)13)27-16-7-4-6-15-14(16)10-25-12(2)26-15/h3-8,10-11,19,27-29H,9H2,1-2H3/t11?,19-,20-/m0/s1. The van der Waals surface area contributed by atoms with Crippen LogP contribution in [0.2, 0.25) is 0 Å². The summed E-state index contributed by atoms with van der Waals surface area (Å²) in [6.07, 6.45) is -3.90. The largest absolute Gasteiger partial charge is 0.508 e. The van der Waals surface area contributed by atoms with Gasteiger partial charge in [-0.05, 0) is 43.0 Å². The van der Waals surface area contributed by atoms with Gasteiger partial charge in [0.05, 0.1) is 11.6 Å². The lowest BCUT2D eigenvalue weighted by Gasteiger charge is -2.45. The number of hydrogen-bond donors (Lipinski definition) is 3. The zero-order valence-electron chi connectivity index (χ0n) is 15.8. The summed E-state index contributed by atoms with van der Waals surface area (Å²) in [6.45, 7) is 3.30. The molecule has 1 aromatic heterocycles. The maximum absolute atomic E-state index is 14.0. The SMILES string of the molecule is Cc1ncc2c(N[C@H]3c4cccc(O)c4C(C)C[C@@]3(O)C(F)(F)F)cccc2n1. The number of aromatic nitrogens is 2. The Balaban J connectivity index is 1.90. The van der Waals surface area contributed by atoms with Crippen LogP contribution in [0.25, 0.3) is 10.9 Å². The Morgan fingerprint density at radius 3 is 2.62 bits per heavy atom. The lowest BCUT2D eigenvalue weighted by molar-refractivity contribution is -0.272. The topological polar surface area (TPSA) is 78.3 Å². The molecule has 3 aromatic rings. The predicted octanol–water partition coefficient (Wildman–Crippen LogP) is 4.60. The predicted molar refractivity (Wildman–Crippen MR) is 103 cm³/mol. The minimum atomic E-state index is -4.88. The van der Waals surface area contributed by atoms with E-state index in [1.807, 2.05) is 0 Å². The third kappa shape index (κ3) is 3.07. The van der Waals surface area contributed by atoms with Gasteiger partial charge in [-0.25, -0.2) is 9.97 Å². The van der Waals surface area contributed by atoms with Crippen molar-refractivity contribution in [3.8, 4) is 5.75 Å². The number of aromatic hydroxyl groups is 1. The number of nitrogens with zero attached hydrogens (tertiary/aromatic N) is 2. The second-order valence-corrected chi connectivity index (χ2v) is 7.54. The molecule has 5 nitrogen and oxygen atoms in total. The molecular weight excluding hydrogens is 383 g/mol. The second kappa shape index (κ2) is 6.59. The molecule has 1 heterocycles. The first-order chi connectivity index (χ1) is 13.6. The summed E-state index contributed by atoms with van der Waals surface area (Å²) in [4.78, 5) is 8.45.